The van der Waals surface area contributed by atoms with Crippen LogP contribution in [-0.4, -0.2) is 33.5 Å². The molecule has 3 N–H and O–H groups in total. The molecule has 0 unspecified atom stereocenters. The van der Waals surface area contributed by atoms with E-state index in [1.807, 2.05) is 10.8 Å². The first-order chi connectivity index (χ1) is 11.7. The first-order valence-corrected chi connectivity index (χ1v) is 8.32. The highest BCUT2D eigenvalue weighted by atomic mass is 16.1. The summed E-state index contributed by atoms with van der Waals surface area (Å²) in [7, 11) is 0. The Bertz CT molecular complexity index is 892. The van der Waals surface area contributed by atoms with Crippen LogP contribution in [0.1, 0.15) is 27.3 Å². The maximum Gasteiger partial charge on any atom is 0.271 e. The van der Waals surface area contributed by atoms with Gasteiger partial charge in [0.25, 0.3) is 5.91 Å². The van der Waals surface area contributed by atoms with Crippen molar-refractivity contribution in [1.82, 2.24) is 25.2 Å². The molecule has 1 aliphatic heterocycles. The third-order valence-corrected chi connectivity index (χ3v) is 4.59. The third-order valence-electron chi connectivity index (χ3n) is 4.59. The molecule has 4 rings (SSSR count). The summed E-state index contributed by atoms with van der Waals surface area (Å²) in [6.07, 6.45) is 4.58. The van der Waals surface area contributed by atoms with Crippen LogP contribution in [0.2, 0.25) is 0 Å². The molecule has 0 atom stereocenters. The number of rotatable bonds is 4. The van der Waals surface area contributed by atoms with E-state index in [1.165, 1.54) is 16.5 Å². The van der Waals surface area contributed by atoms with Crippen LogP contribution in [-0.2, 0) is 19.5 Å². The van der Waals surface area contributed by atoms with Crippen molar-refractivity contribution in [2.45, 2.75) is 26.4 Å². The molecule has 1 amide bonds. The lowest BCUT2D eigenvalue weighted by atomic mass is 10.1. The molecule has 0 saturated heterocycles. The molecule has 0 aliphatic carbocycles. The Hall–Kier alpha value is -2.60. The van der Waals surface area contributed by atoms with Crippen molar-refractivity contribution in [3.8, 4) is 0 Å². The number of amides is 1. The highest BCUT2D eigenvalue weighted by Crippen LogP contribution is 2.19. The molecule has 2 aromatic heterocycles. The molecular weight excluding hydrogens is 302 g/mol. The van der Waals surface area contributed by atoms with E-state index in [9.17, 15) is 4.79 Å². The molecule has 6 heteroatoms. The maximum absolute atomic E-state index is 12.4. The van der Waals surface area contributed by atoms with Crippen molar-refractivity contribution >= 4 is 16.8 Å². The Kier molecular flexibility index (Phi) is 3.82. The van der Waals surface area contributed by atoms with Gasteiger partial charge in [0, 0.05) is 43.3 Å². The molecule has 0 fully saturated rings. The van der Waals surface area contributed by atoms with E-state index in [2.05, 4.69) is 45.7 Å². The molecule has 0 spiro atoms. The zero-order valence-electron chi connectivity index (χ0n) is 13.7. The third kappa shape index (κ3) is 2.69. The van der Waals surface area contributed by atoms with E-state index in [1.54, 1.807) is 6.33 Å². The summed E-state index contributed by atoms with van der Waals surface area (Å²) in [5.41, 5.74) is 5.12. The van der Waals surface area contributed by atoms with E-state index in [0.717, 1.165) is 30.7 Å². The number of nitrogens with one attached hydrogen (secondary N) is 3. The Morgan fingerprint density at radius 1 is 1.42 bits per heavy atom. The fourth-order valence-electron chi connectivity index (χ4n) is 3.28. The van der Waals surface area contributed by atoms with Crippen LogP contribution in [0.25, 0.3) is 10.9 Å². The largest absolute Gasteiger partial charge is 0.361 e. The summed E-state index contributed by atoms with van der Waals surface area (Å²) in [5.74, 6) is -0.0943. The second kappa shape index (κ2) is 6.13. The number of carbonyl (C=O) groups excluding carboxylic acids is 1. The van der Waals surface area contributed by atoms with Gasteiger partial charge in [0.2, 0.25) is 0 Å². The van der Waals surface area contributed by atoms with Gasteiger partial charge in [0.15, 0.2) is 5.69 Å². The van der Waals surface area contributed by atoms with Crippen molar-refractivity contribution in [3.63, 3.8) is 0 Å². The SMILES string of the molecule is Cc1ccc2c(CCNC(=O)c3ncn4c3CNCC4)c[nH]c2c1. The van der Waals surface area contributed by atoms with Crippen molar-refractivity contribution in [1.29, 1.82) is 0 Å². The van der Waals surface area contributed by atoms with Crippen LogP contribution < -0.4 is 10.6 Å². The Morgan fingerprint density at radius 2 is 2.33 bits per heavy atom. The molecule has 1 aliphatic rings. The van der Waals surface area contributed by atoms with Gasteiger partial charge in [-0.3, -0.25) is 4.79 Å². The second-order valence-electron chi connectivity index (χ2n) is 6.28. The van der Waals surface area contributed by atoms with E-state index < -0.39 is 0 Å². The minimum atomic E-state index is -0.0943. The lowest BCUT2D eigenvalue weighted by molar-refractivity contribution is 0.0948. The maximum atomic E-state index is 12.4. The van der Waals surface area contributed by atoms with Crippen molar-refractivity contribution in [2.75, 3.05) is 13.1 Å². The monoisotopic (exact) mass is 323 g/mol. The van der Waals surface area contributed by atoms with E-state index in [0.29, 0.717) is 18.8 Å². The quantitative estimate of drug-likeness (QED) is 0.685. The second-order valence-corrected chi connectivity index (χ2v) is 6.28. The Balaban J connectivity index is 1.41. The normalized spacial score (nSPS) is 13.9. The molecule has 124 valence electrons. The summed E-state index contributed by atoms with van der Waals surface area (Å²) in [6, 6.07) is 6.39. The Morgan fingerprint density at radius 3 is 3.25 bits per heavy atom. The van der Waals surface area contributed by atoms with E-state index >= 15 is 0 Å². The molecule has 6 nitrogen and oxygen atoms in total. The number of H-pyrrole nitrogens is 1. The Labute approximate surface area is 140 Å². The van der Waals surface area contributed by atoms with E-state index in [-0.39, 0.29) is 5.91 Å². The number of fused-ring (bicyclic) bond motifs is 2. The number of imidazole rings is 1. The topological polar surface area (TPSA) is 74.7 Å². The number of aryl methyl sites for hydroxylation is 1. The fourth-order valence-corrected chi connectivity index (χ4v) is 3.28. The van der Waals surface area contributed by atoms with Gasteiger partial charge < -0.3 is 20.2 Å². The number of benzene rings is 1. The summed E-state index contributed by atoms with van der Waals surface area (Å²) in [5, 5.41) is 7.49. The number of aromatic amines is 1. The van der Waals surface area contributed by atoms with Gasteiger partial charge in [-0.25, -0.2) is 4.98 Å². The first-order valence-electron chi connectivity index (χ1n) is 8.32. The average Bonchev–Trinajstić information content (AvgIpc) is 3.18. The smallest absolute Gasteiger partial charge is 0.271 e. The van der Waals surface area contributed by atoms with Gasteiger partial charge in [-0.05, 0) is 30.5 Å². The highest BCUT2D eigenvalue weighted by Gasteiger charge is 2.19. The molecule has 0 radical (unpaired) electrons. The predicted octanol–water partition coefficient (Wildman–Crippen LogP) is 1.75. The molecule has 0 saturated carbocycles. The number of hydrogen-bond donors (Lipinski definition) is 3. The number of nitrogens with zero attached hydrogens (tertiary/aromatic N) is 2. The standard InChI is InChI=1S/C18H21N5O/c1-12-2-3-14-13(9-21-15(14)8-12)4-5-20-18(24)17-16-10-19-6-7-23(16)11-22-17/h2-3,8-9,11,19,21H,4-7,10H2,1H3,(H,20,24). The number of carbonyl (C=O) groups is 1. The molecule has 3 aromatic rings. The molecule has 3 heterocycles. The van der Waals surface area contributed by atoms with Crippen molar-refractivity contribution < 1.29 is 4.79 Å². The van der Waals surface area contributed by atoms with Gasteiger partial charge in [-0.1, -0.05) is 12.1 Å². The number of hydrogen-bond acceptors (Lipinski definition) is 3. The van der Waals surface area contributed by atoms with E-state index in [4.69, 9.17) is 0 Å². The van der Waals surface area contributed by atoms with Gasteiger partial charge in [0.05, 0.1) is 12.0 Å². The number of aromatic nitrogens is 3. The van der Waals surface area contributed by atoms with Crippen LogP contribution in [0.4, 0.5) is 0 Å². The lowest BCUT2D eigenvalue weighted by Crippen LogP contribution is -2.31. The van der Waals surface area contributed by atoms with Crippen LogP contribution in [0.3, 0.4) is 0 Å². The minimum Gasteiger partial charge on any atom is -0.361 e. The predicted molar refractivity (Wildman–Crippen MR) is 93.0 cm³/mol. The summed E-state index contributed by atoms with van der Waals surface area (Å²) in [6.45, 7) is 5.17. The van der Waals surface area contributed by atoms with Crippen LogP contribution in [0, 0.1) is 6.92 Å². The molecular formula is C18H21N5O. The summed E-state index contributed by atoms with van der Waals surface area (Å²) in [4.78, 5) is 20.0. The highest BCUT2D eigenvalue weighted by molar-refractivity contribution is 5.93. The van der Waals surface area contributed by atoms with Gasteiger partial charge in [-0.2, -0.15) is 0 Å². The fraction of sp³-hybridized carbons (Fsp3) is 0.333. The zero-order valence-corrected chi connectivity index (χ0v) is 13.7. The average molecular weight is 323 g/mol. The van der Waals surface area contributed by atoms with Gasteiger partial charge in [-0.15, -0.1) is 0 Å². The molecule has 24 heavy (non-hydrogen) atoms. The van der Waals surface area contributed by atoms with Gasteiger partial charge >= 0.3 is 0 Å². The lowest BCUT2D eigenvalue weighted by Gasteiger charge is -2.16. The van der Waals surface area contributed by atoms with Crippen LogP contribution in [0.5, 0.6) is 0 Å². The van der Waals surface area contributed by atoms with Crippen LogP contribution in [0.15, 0.2) is 30.7 Å². The van der Waals surface area contributed by atoms with Crippen molar-refractivity contribution in [3.05, 3.63) is 53.2 Å². The van der Waals surface area contributed by atoms with Gasteiger partial charge in [0.1, 0.15) is 0 Å². The summed E-state index contributed by atoms with van der Waals surface area (Å²) >= 11 is 0. The molecule has 0 bridgehead atoms. The van der Waals surface area contributed by atoms with Crippen molar-refractivity contribution in [2.24, 2.45) is 0 Å². The minimum absolute atomic E-state index is 0.0943. The molecule has 1 aromatic carbocycles. The first kappa shape index (κ1) is 15.0. The van der Waals surface area contributed by atoms with Crippen LogP contribution >= 0.6 is 0 Å². The zero-order chi connectivity index (χ0) is 16.5. The summed E-state index contributed by atoms with van der Waals surface area (Å²) < 4.78 is 2.05.